The molecule has 2 rings (SSSR count). The van der Waals surface area contributed by atoms with Crippen LogP contribution < -0.4 is 5.32 Å². The lowest BCUT2D eigenvalue weighted by molar-refractivity contribution is -0.144. The summed E-state index contributed by atoms with van der Waals surface area (Å²) >= 11 is 7.38. The van der Waals surface area contributed by atoms with Gasteiger partial charge in [0.25, 0.3) is 5.91 Å². The quantitative estimate of drug-likeness (QED) is 0.754. The van der Waals surface area contributed by atoms with Crippen molar-refractivity contribution in [2.24, 2.45) is 0 Å². The second kappa shape index (κ2) is 9.30. The third-order valence-electron chi connectivity index (χ3n) is 2.93. The number of hydrogen-bond acceptors (Lipinski definition) is 4. The molecule has 0 spiro atoms. The summed E-state index contributed by atoms with van der Waals surface area (Å²) in [6.45, 7) is -0.386. The summed E-state index contributed by atoms with van der Waals surface area (Å²) in [5, 5.41) is 3.16. The molecule has 0 fully saturated rings. The van der Waals surface area contributed by atoms with Crippen molar-refractivity contribution in [3.63, 3.8) is 0 Å². The van der Waals surface area contributed by atoms with E-state index in [1.807, 2.05) is 18.2 Å². The number of anilines is 1. The van der Waals surface area contributed by atoms with Crippen LogP contribution >= 0.6 is 23.4 Å². The first kappa shape index (κ1) is 18.3. The molecule has 0 saturated carbocycles. The van der Waals surface area contributed by atoms with E-state index in [-0.39, 0.29) is 12.4 Å². The molecule has 2 aromatic carbocycles. The van der Waals surface area contributed by atoms with Gasteiger partial charge in [-0.15, -0.1) is 11.8 Å². The van der Waals surface area contributed by atoms with E-state index in [4.69, 9.17) is 16.3 Å². The monoisotopic (exact) mass is 367 g/mol. The van der Waals surface area contributed by atoms with Crippen LogP contribution in [0.3, 0.4) is 0 Å². The van der Waals surface area contributed by atoms with Crippen LogP contribution in [0.5, 0.6) is 0 Å². The minimum Gasteiger partial charge on any atom is -0.455 e. The van der Waals surface area contributed by atoms with Crippen LogP contribution in [-0.4, -0.2) is 24.2 Å². The molecule has 0 aliphatic carbocycles. The summed E-state index contributed by atoms with van der Waals surface area (Å²) in [5.41, 5.74) is 1.37. The standard InChI is InChI=1S/C17H15ClFNO3S/c18-15-4-2-1-3-12(15)10-24-11-17(22)23-9-16(21)20-14-7-5-13(19)6-8-14/h1-8H,9-11H2,(H,20,21). The van der Waals surface area contributed by atoms with Gasteiger partial charge in [0.05, 0.1) is 5.75 Å². The Balaban J connectivity index is 1.66. The highest BCUT2D eigenvalue weighted by atomic mass is 35.5. The van der Waals surface area contributed by atoms with Gasteiger partial charge in [-0.25, -0.2) is 4.39 Å². The van der Waals surface area contributed by atoms with Gasteiger partial charge >= 0.3 is 5.97 Å². The number of carbonyl (C=O) groups excluding carboxylic acids is 2. The molecule has 0 heterocycles. The average Bonchev–Trinajstić information content (AvgIpc) is 2.57. The zero-order valence-corrected chi connectivity index (χ0v) is 14.2. The first-order chi connectivity index (χ1) is 11.5. The number of benzene rings is 2. The number of hydrogen-bond donors (Lipinski definition) is 1. The lowest BCUT2D eigenvalue weighted by Crippen LogP contribution is -2.21. The Hall–Kier alpha value is -2.05. The van der Waals surface area contributed by atoms with Crippen LogP contribution in [0.1, 0.15) is 5.56 Å². The Morgan fingerprint density at radius 3 is 2.54 bits per heavy atom. The van der Waals surface area contributed by atoms with Gasteiger partial charge in [-0.2, -0.15) is 0 Å². The Bertz CT molecular complexity index is 709. The summed E-state index contributed by atoms with van der Waals surface area (Å²) in [6, 6.07) is 12.7. The van der Waals surface area contributed by atoms with E-state index in [1.165, 1.54) is 36.0 Å². The summed E-state index contributed by atoms with van der Waals surface area (Å²) < 4.78 is 17.6. The summed E-state index contributed by atoms with van der Waals surface area (Å²) in [5.74, 6) is -0.659. The molecule has 7 heteroatoms. The van der Waals surface area contributed by atoms with Crippen LogP contribution in [-0.2, 0) is 20.1 Å². The van der Waals surface area contributed by atoms with Gasteiger partial charge in [-0.3, -0.25) is 9.59 Å². The highest BCUT2D eigenvalue weighted by molar-refractivity contribution is 7.99. The number of rotatable bonds is 7. The van der Waals surface area contributed by atoms with Gasteiger partial charge in [-0.05, 0) is 35.9 Å². The largest absolute Gasteiger partial charge is 0.455 e. The molecular formula is C17H15ClFNO3S. The molecule has 0 atom stereocenters. The lowest BCUT2D eigenvalue weighted by Gasteiger charge is -2.07. The van der Waals surface area contributed by atoms with Crippen molar-refractivity contribution in [2.75, 3.05) is 17.7 Å². The molecule has 0 aromatic heterocycles. The molecule has 0 bridgehead atoms. The fourth-order valence-electron chi connectivity index (χ4n) is 1.78. The van der Waals surface area contributed by atoms with Gasteiger partial charge in [-0.1, -0.05) is 29.8 Å². The predicted molar refractivity (Wildman–Crippen MR) is 93.6 cm³/mol. The molecule has 1 amide bonds. The first-order valence-electron chi connectivity index (χ1n) is 7.07. The molecule has 4 nitrogen and oxygen atoms in total. The third-order valence-corrected chi connectivity index (χ3v) is 4.25. The molecule has 0 aliphatic rings. The van der Waals surface area contributed by atoms with Crippen molar-refractivity contribution >= 4 is 40.9 Å². The number of ether oxygens (including phenoxy) is 1. The van der Waals surface area contributed by atoms with Gasteiger partial charge < -0.3 is 10.1 Å². The second-order valence-electron chi connectivity index (χ2n) is 4.80. The number of halogens is 2. The molecule has 1 N–H and O–H groups in total. The van der Waals surface area contributed by atoms with E-state index < -0.39 is 17.7 Å². The van der Waals surface area contributed by atoms with E-state index in [0.29, 0.717) is 16.5 Å². The van der Waals surface area contributed by atoms with Crippen molar-refractivity contribution < 1.29 is 18.7 Å². The molecular weight excluding hydrogens is 353 g/mol. The normalized spacial score (nSPS) is 10.2. The van der Waals surface area contributed by atoms with Crippen LogP contribution in [0.2, 0.25) is 5.02 Å². The number of nitrogens with one attached hydrogen (secondary N) is 1. The van der Waals surface area contributed by atoms with Crippen LogP contribution in [0.25, 0.3) is 0 Å². The van der Waals surface area contributed by atoms with Crippen molar-refractivity contribution in [1.82, 2.24) is 0 Å². The maximum absolute atomic E-state index is 12.8. The number of thioether (sulfide) groups is 1. The zero-order chi connectivity index (χ0) is 17.4. The SMILES string of the molecule is O=C(COC(=O)CSCc1ccccc1Cl)Nc1ccc(F)cc1. The molecule has 0 saturated heterocycles. The predicted octanol–water partition coefficient (Wildman–Crippen LogP) is 3.89. The van der Waals surface area contributed by atoms with E-state index in [0.717, 1.165) is 5.56 Å². The minimum absolute atomic E-state index is 0.120. The molecule has 0 radical (unpaired) electrons. The highest BCUT2D eigenvalue weighted by Crippen LogP contribution is 2.20. The fourth-order valence-corrected chi connectivity index (χ4v) is 2.88. The smallest absolute Gasteiger partial charge is 0.316 e. The average molecular weight is 368 g/mol. The van der Waals surface area contributed by atoms with Gasteiger partial charge in [0.15, 0.2) is 6.61 Å². The van der Waals surface area contributed by atoms with Gasteiger partial charge in [0, 0.05) is 16.5 Å². The number of amides is 1. The maximum atomic E-state index is 12.8. The Morgan fingerprint density at radius 1 is 1.12 bits per heavy atom. The van der Waals surface area contributed by atoms with Crippen molar-refractivity contribution in [1.29, 1.82) is 0 Å². The van der Waals surface area contributed by atoms with E-state index in [9.17, 15) is 14.0 Å². The number of carbonyl (C=O) groups is 2. The summed E-state index contributed by atoms with van der Waals surface area (Å²) in [6.07, 6.45) is 0. The molecule has 2 aromatic rings. The second-order valence-corrected chi connectivity index (χ2v) is 6.19. The lowest BCUT2D eigenvalue weighted by atomic mass is 10.2. The van der Waals surface area contributed by atoms with Crippen molar-refractivity contribution in [2.45, 2.75) is 5.75 Å². The molecule has 0 aliphatic heterocycles. The first-order valence-corrected chi connectivity index (χ1v) is 8.60. The van der Waals surface area contributed by atoms with Crippen molar-refractivity contribution in [3.8, 4) is 0 Å². The minimum atomic E-state index is -0.485. The third kappa shape index (κ3) is 6.22. The zero-order valence-electron chi connectivity index (χ0n) is 12.6. The van der Waals surface area contributed by atoms with Crippen LogP contribution in [0.15, 0.2) is 48.5 Å². The Morgan fingerprint density at radius 2 is 1.83 bits per heavy atom. The van der Waals surface area contributed by atoms with Crippen LogP contribution in [0.4, 0.5) is 10.1 Å². The molecule has 24 heavy (non-hydrogen) atoms. The summed E-state index contributed by atoms with van der Waals surface area (Å²) in [7, 11) is 0. The van der Waals surface area contributed by atoms with Crippen LogP contribution in [0, 0.1) is 5.82 Å². The fraction of sp³-hybridized carbons (Fsp3) is 0.176. The Kier molecular flexibility index (Phi) is 7.08. The molecule has 126 valence electrons. The van der Waals surface area contributed by atoms with Gasteiger partial charge in [0.1, 0.15) is 5.82 Å². The van der Waals surface area contributed by atoms with E-state index in [1.54, 1.807) is 6.07 Å². The number of esters is 1. The van der Waals surface area contributed by atoms with Crippen molar-refractivity contribution in [3.05, 3.63) is 64.9 Å². The molecule has 0 unspecified atom stereocenters. The van der Waals surface area contributed by atoms with E-state index in [2.05, 4.69) is 5.32 Å². The topological polar surface area (TPSA) is 55.4 Å². The Labute approximate surface area is 148 Å². The summed E-state index contributed by atoms with van der Waals surface area (Å²) in [4.78, 5) is 23.2. The van der Waals surface area contributed by atoms with Gasteiger partial charge in [0.2, 0.25) is 0 Å². The maximum Gasteiger partial charge on any atom is 0.316 e. The highest BCUT2D eigenvalue weighted by Gasteiger charge is 2.09. The van der Waals surface area contributed by atoms with E-state index >= 15 is 0 Å².